The van der Waals surface area contributed by atoms with Crippen molar-refractivity contribution in [3.05, 3.63) is 21.9 Å². The summed E-state index contributed by atoms with van der Waals surface area (Å²) in [5.41, 5.74) is 1.03. The van der Waals surface area contributed by atoms with Gasteiger partial charge in [-0.3, -0.25) is 4.79 Å². The molecule has 1 unspecified atom stereocenters. The van der Waals surface area contributed by atoms with Crippen LogP contribution < -0.4 is 5.32 Å². The van der Waals surface area contributed by atoms with Crippen LogP contribution in [0.2, 0.25) is 0 Å². The van der Waals surface area contributed by atoms with Gasteiger partial charge in [-0.15, -0.1) is 11.3 Å². The van der Waals surface area contributed by atoms with Gasteiger partial charge < -0.3 is 10.4 Å². The molecule has 0 radical (unpaired) electrons. The lowest BCUT2D eigenvalue weighted by atomic mass is 10.0. The van der Waals surface area contributed by atoms with E-state index in [9.17, 15) is 4.79 Å². The molecule has 1 amide bonds. The van der Waals surface area contributed by atoms with E-state index in [0.717, 1.165) is 29.7 Å². The van der Waals surface area contributed by atoms with Gasteiger partial charge in [0.15, 0.2) is 0 Å². The largest absolute Gasteiger partial charge is 0.396 e. The zero-order chi connectivity index (χ0) is 12.7. The number of nitrogens with one attached hydrogen (secondary N) is 1. The number of thiophene rings is 1. The normalized spacial score (nSPS) is 12.4. The predicted octanol–water partition coefficient (Wildman–Crippen LogP) is 2.59. The quantitative estimate of drug-likeness (QED) is 0.786. The molecule has 1 atom stereocenters. The van der Waals surface area contributed by atoms with Crippen LogP contribution in [-0.2, 0) is 0 Å². The van der Waals surface area contributed by atoms with Gasteiger partial charge in [-0.1, -0.05) is 13.3 Å². The summed E-state index contributed by atoms with van der Waals surface area (Å²) in [5.74, 6) is 0.394. The molecule has 4 heteroatoms. The molecular formula is C13H21NO2S. The highest BCUT2D eigenvalue weighted by atomic mass is 32.1. The van der Waals surface area contributed by atoms with Crippen molar-refractivity contribution in [1.82, 2.24) is 5.32 Å². The first-order valence-electron chi connectivity index (χ1n) is 6.12. The summed E-state index contributed by atoms with van der Waals surface area (Å²) < 4.78 is 0. The molecule has 17 heavy (non-hydrogen) atoms. The fraction of sp³-hybridized carbons (Fsp3) is 0.615. The van der Waals surface area contributed by atoms with E-state index in [0.29, 0.717) is 12.5 Å². The zero-order valence-electron chi connectivity index (χ0n) is 10.5. The fourth-order valence-electron chi connectivity index (χ4n) is 1.86. The molecule has 0 aliphatic rings. The van der Waals surface area contributed by atoms with Crippen LogP contribution in [-0.4, -0.2) is 24.2 Å². The molecule has 0 aliphatic heterocycles. The minimum atomic E-state index is 0.0107. The van der Waals surface area contributed by atoms with E-state index < -0.39 is 0 Å². The number of carbonyl (C=O) groups excluding carboxylic acids is 1. The Morgan fingerprint density at radius 3 is 2.82 bits per heavy atom. The molecule has 2 N–H and O–H groups in total. The third-order valence-corrected chi connectivity index (χ3v) is 3.87. The smallest absolute Gasteiger partial charge is 0.261 e. The number of hydrogen-bond acceptors (Lipinski definition) is 3. The van der Waals surface area contributed by atoms with Crippen molar-refractivity contribution in [2.45, 2.75) is 33.1 Å². The summed E-state index contributed by atoms with van der Waals surface area (Å²) >= 11 is 1.47. The van der Waals surface area contributed by atoms with Gasteiger partial charge in [-0.05, 0) is 42.7 Å². The molecule has 0 saturated heterocycles. The van der Waals surface area contributed by atoms with Crippen molar-refractivity contribution in [2.24, 2.45) is 5.92 Å². The monoisotopic (exact) mass is 255 g/mol. The van der Waals surface area contributed by atoms with E-state index >= 15 is 0 Å². The summed E-state index contributed by atoms with van der Waals surface area (Å²) in [6.45, 7) is 4.92. The van der Waals surface area contributed by atoms with Crippen LogP contribution in [0.3, 0.4) is 0 Å². The lowest BCUT2D eigenvalue weighted by Crippen LogP contribution is -2.29. The van der Waals surface area contributed by atoms with E-state index in [1.54, 1.807) is 0 Å². The first-order valence-corrected chi connectivity index (χ1v) is 7.00. The minimum Gasteiger partial charge on any atom is -0.396 e. The number of amides is 1. The highest BCUT2D eigenvalue weighted by molar-refractivity contribution is 7.12. The Hall–Kier alpha value is -0.870. The van der Waals surface area contributed by atoms with Gasteiger partial charge in [0.25, 0.3) is 5.91 Å². The number of aliphatic hydroxyl groups excluding tert-OH is 1. The fourth-order valence-corrected chi connectivity index (χ4v) is 2.70. The molecule has 0 fully saturated rings. The van der Waals surface area contributed by atoms with E-state index in [1.165, 1.54) is 11.3 Å². The summed E-state index contributed by atoms with van der Waals surface area (Å²) in [5, 5.41) is 13.8. The van der Waals surface area contributed by atoms with Crippen molar-refractivity contribution in [1.29, 1.82) is 0 Å². The van der Waals surface area contributed by atoms with Crippen LogP contribution in [0.15, 0.2) is 11.4 Å². The lowest BCUT2D eigenvalue weighted by molar-refractivity contribution is 0.0946. The van der Waals surface area contributed by atoms with Gasteiger partial charge in [-0.2, -0.15) is 0 Å². The Morgan fingerprint density at radius 1 is 1.53 bits per heavy atom. The molecule has 0 spiro atoms. The van der Waals surface area contributed by atoms with Crippen molar-refractivity contribution in [2.75, 3.05) is 13.2 Å². The van der Waals surface area contributed by atoms with Crippen LogP contribution in [0.5, 0.6) is 0 Å². The van der Waals surface area contributed by atoms with Crippen molar-refractivity contribution in [3.8, 4) is 0 Å². The lowest BCUT2D eigenvalue weighted by Gasteiger charge is -2.15. The molecule has 0 aromatic carbocycles. The van der Waals surface area contributed by atoms with Crippen molar-refractivity contribution >= 4 is 17.2 Å². The summed E-state index contributed by atoms with van der Waals surface area (Å²) in [6.07, 6.45) is 2.89. The molecule has 96 valence electrons. The van der Waals surface area contributed by atoms with Crippen LogP contribution in [0.25, 0.3) is 0 Å². The van der Waals surface area contributed by atoms with E-state index in [-0.39, 0.29) is 12.5 Å². The molecule has 3 nitrogen and oxygen atoms in total. The van der Waals surface area contributed by atoms with Crippen molar-refractivity contribution < 1.29 is 9.90 Å². The highest BCUT2D eigenvalue weighted by Crippen LogP contribution is 2.16. The third kappa shape index (κ3) is 4.48. The van der Waals surface area contributed by atoms with E-state index in [4.69, 9.17) is 5.11 Å². The van der Waals surface area contributed by atoms with Gasteiger partial charge in [-0.25, -0.2) is 0 Å². The Morgan fingerprint density at radius 2 is 2.29 bits per heavy atom. The number of rotatable bonds is 7. The van der Waals surface area contributed by atoms with Gasteiger partial charge >= 0.3 is 0 Å². The van der Waals surface area contributed by atoms with Gasteiger partial charge in [0.1, 0.15) is 0 Å². The second kappa shape index (κ2) is 7.45. The maximum atomic E-state index is 11.9. The Balaban J connectivity index is 2.43. The second-order valence-electron chi connectivity index (χ2n) is 4.31. The molecule has 1 heterocycles. The molecule has 0 saturated carbocycles. The number of hydrogen-bond donors (Lipinski definition) is 2. The highest BCUT2D eigenvalue weighted by Gasteiger charge is 2.13. The van der Waals surface area contributed by atoms with Crippen LogP contribution in [0.1, 0.15) is 41.4 Å². The maximum absolute atomic E-state index is 11.9. The molecule has 1 aromatic rings. The van der Waals surface area contributed by atoms with E-state index in [1.807, 2.05) is 18.4 Å². The van der Waals surface area contributed by atoms with Crippen LogP contribution in [0.4, 0.5) is 0 Å². The zero-order valence-corrected chi connectivity index (χ0v) is 11.3. The Labute approximate surface area is 107 Å². The SMILES string of the molecule is CCCC(CCO)CNC(=O)c1sccc1C. The summed E-state index contributed by atoms with van der Waals surface area (Å²) in [6, 6.07) is 1.96. The molecule has 1 rings (SSSR count). The Kier molecular flexibility index (Phi) is 6.22. The first-order chi connectivity index (χ1) is 8.19. The van der Waals surface area contributed by atoms with E-state index in [2.05, 4.69) is 12.2 Å². The topological polar surface area (TPSA) is 49.3 Å². The van der Waals surface area contributed by atoms with Gasteiger partial charge in [0.05, 0.1) is 4.88 Å². The van der Waals surface area contributed by atoms with Gasteiger partial charge in [0, 0.05) is 13.2 Å². The third-order valence-electron chi connectivity index (χ3n) is 2.85. The molecule has 0 bridgehead atoms. The standard InChI is InChI=1S/C13H21NO2S/c1-3-4-11(5-7-15)9-14-13(16)12-10(2)6-8-17-12/h6,8,11,15H,3-5,7,9H2,1-2H3,(H,14,16). The first kappa shape index (κ1) is 14.2. The number of aliphatic hydroxyl groups is 1. The van der Waals surface area contributed by atoms with Crippen LogP contribution in [0, 0.1) is 12.8 Å². The number of carbonyl (C=O) groups is 1. The second-order valence-corrected chi connectivity index (χ2v) is 5.23. The Bertz CT molecular complexity index is 343. The summed E-state index contributed by atoms with van der Waals surface area (Å²) in [7, 11) is 0. The molecular weight excluding hydrogens is 234 g/mol. The average Bonchev–Trinajstić information content (AvgIpc) is 2.72. The average molecular weight is 255 g/mol. The minimum absolute atomic E-state index is 0.0107. The van der Waals surface area contributed by atoms with Crippen molar-refractivity contribution in [3.63, 3.8) is 0 Å². The van der Waals surface area contributed by atoms with Gasteiger partial charge in [0.2, 0.25) is 0 Å². The molecule has 1 aromatic heterocycles. The van der Waals surface area contributed by atoms with Crippen LogP contribution >= 0.6 is 11.3 Å². The number of aryl methyl sites for hydroxylation is 1. The predicted molar refractivity (Wildman–Crippen MR) is 71.5 cm³/mol. The maximum Gasteiger partial charge on any atom is 0.261 e. The molecule has 0 aliphatic carbocycles. The summed E-state index contributed by atoms with van der Waals surface area (Å²) in [4.78, 5) is 12.7.